The standard InChI is InChI=1S/C11H14N2O3S/c1-3-16-10-7-5-4-6-9(10)12-11(17-2)8-13(14)15/h4-8,12H,3H2,1-2H3/b11-8+. The Morgan fingerprint density at radius 2 is 2.29 bits per heavy atom. The average Bonchev–Trinajstić information content (AvgIpc) is 2.30. The van der Waals surface area contributed by atoms with E-state index in [9.17, 15) is 10.1 Å². The highest BCUT2D eigenvalue weighted by Gasteiger charge is 2.06. The summed E-state index contributed by atoms with van der Waals surface area (Å²) in [5.74, 6) is 0.679. The van der Waals surface area contributed by atoms with Gasteiger partial charge in [-0.3, -0.25) is 10.1 Å². The average molecular weight is 254 g/mol. The number of nitrogens with zero attached hydrogens (tertiary/aromatic N) is 1. The minimum atomic E-state index is -0.484. The Bertz CT molecular complexity index is 421. The highest BCUT2D eigenvalue weighted by Crippen LogP contribution is 2.27. The first kappa shape index (κ1) is 13.4. The van der Waals surface area contributed by atoms with Gasteiger partial charge in [-0.05, 0) is 25.3 Å². The van der Waals surface area contributed by atoms with Gasteiger partial charge in [-0.15, -0.1) is 11.8 Å². The number of ether oxygens (including phenoxy) is 1. The molecule has 0 saturated carbocycles. The molecule has 0 atom stereocenters. The first-order valence-corrected chi connectivity index (χ1v) is 6.28. The van der Waals surface area contributed by atoms with Gasteiger partial charge in [0, 0.05) is 0 Å². The fourth-order valence-electron chi connectivity index (χ4n) is 1.22. The Morgan fingerprint density at radius 1 is 1.59 bits per heavy atom. The van der Waals surface area contributed by atoms with E-state index in [1.165, 1.54) is 11.8 Å². The summed E-state index contributed by atoms with van der Waals surface area (Å²) in [4.78, 5) is 9.93. The Labute approximate surface area is 104 Å². The van der Waals surface area contributed by atoms with Crippen LogP contribution in [0.4, 0.5) is 5.69 Å². The maximum Gasteiger partial charge on any atom is 0.264 e. The lowest BCUT2D eigenvalue weighted by atomic mass is 10.3. The molecule has 0 amide bonds. The summed E-state index contributed by atoms with van der Waals surface area (Å²) < 4.78 is 5.42. The van der Waals surface area contributed by atoms with Gasteiger partial charge in [0.2, 0.25) is 0 Å². The predicted octanol–water partition coefficient (Wildman–Crippen LogP) is 2.94. The number of para-hydroxylation sites is 2. The normalized spacial score (nSPS) is 11.1. The maximum absolute atomic E-state index is 10.4. The Hall–Kier alpha value is -1.69. The molecule has 0 unspecified atom stereocenters. The molecular weight excluding hydrogens is 240 g/mol. The van der Waals surface area contributed by atoms with Crippen LogP contribution in [-0.2, 0) is 0 Å². The van der Waals surface area contributed by atoms with Gasteiger partial charge in [-0.2, -0.15) is 0 Å². The SMILES string of the molecule is CCOc1ccccc1N/C(=C\[N+](=O)[O-])SC. The summed E-state index contributed by atoms with van der Waals surface area (Å²) in [6.45, 7) is 2.44. The highest BCUT2D eigenvalue weighted by molar-refractivity contribution is 8.02. The first-order chi connectivity index (χ1) is 8.17. The van der Waals surface area contributed by atoms with E-state index in [-0.39, 0.29) is 0 Å². The van der Waals surface area contributed by atoms with E-state index in [1.54, 1.807) is 6.26 Å². The quantitative estimate of drug-likeness (QED) is 0.624. The van der Waals surface area contributed by atoms with E-state index in [2.05, 4.69) is 5.32 Å². The third-order valence-corrected chi connectivity index (χ3v) is 2.53. The number of thioether (sulfide) groups is 1. The maximum atomic E-state index is 10.4. The molecule has 0 radical (unpaired) electrons. The van der Waals surface area contributed by atoms with E-state index >= 15 is 0 Å². The van der Waals surface area contributed by atoms with Crippen molar-refractivity contribution in [2.45, 2.75) is 6.92 Å². The van der Waals surface area contributed by atoms with E-state index in [0.29, 0.717) is 17.4 Å². The number of hydrogen-bond acceptors (Lipinski definition) is 5. The monoisotopic (exact) mass is 254 g/mol. The molecule has 5 nitrogen and oxygen atoms in total. The summed E-state index contributed by atoms with van der Waals surface area (Å²) >= 11 is 1.27. The van der Waals surface area contributed by atoms with Crippen molar-refractivity contribution < 1.29 is 9.66 Å². The second kappa shape index (κ2) is 6.80. The second-order valence-electron chi connectivity index (χ2n) is 3.04. The van der Waals surface area contributed by atoms with Crippen LogP contribution in [0.15, 0.2) is 35.5 Å². The number of nitro groups is 1. The molecule has 1 aromatic carbocycles. The summed E-state index contributed by atoms with van der Waals surface area (Å²) in [5.41, 5.74) is 0.719. The van der Waals surface area contributed by atoms with Crippen LogP contribution in [0.2, 0.25) is 0 Å². The minimum Gasteiger partial charge on any atom is -0.492 e. The molecule has 0 aliphatic carbocycles. The van der Waals surface area contributed by atoms with Gasteiger partial charge in [-0.1, -0.05) is 12.1 Å². The third kappa shape index (κ3) is 4.36. The molecule has 6 heteroatoms. The summed E-state index contributed by atoms with van der Waals surface area (Å²) in [6.07, 6.45) is 2.71. The third-order valence-electron chi connectivity index (χ3n) is 1.89. The lowest BCUT2D eigenvalue weighted by molar-refractivity contribution is -0.402. The van der Waals surface area contributed by atoms with Crippen LogP contribution in [0.25, 0.3) is 0 Å². The first-order valence-electron chi connectivity index (χ1n) is 5.05. The van der Waals surface area contributed by atoms with Gasteiger partial charge in [0.25, 0.3) is 6.20 Å². The molecule has 0 heterocycles. The van der Waals surface area contributed by atoms with Crippen molar-refractivity contribution in [1.82, 2.24) is 0 Å². The molecule has 17 heavy (non-hydrogen) atoms. The van der Waals surface area contributed by atoms with Crippen molar-refractivity contribution in [1.29, 1.82) is 0 Å². The lowest BCUT2D eigenvalue weighted by Gasteiger charge is -2.11. The highest BCUT2D eigenvalue weighted by atomic mass is 32.2. The van der Waals surface area contributed by atoms with Gasteiger partial charge in [0.1, 0.15) is 10.8 Å². The fraction of sp³-hybridized carbons (Fsp3) is 0.273. The zero-order valence-electron chi connectivity index (χ0n) is 9.67. The van der Waals surface area contributed by atoms with E-state index < -0.39 is 4.92 Å². The molecule has 0 saturated heterocycles. The van der Waals surface area contributed by atoms with Crippen molar-refractivity contribution >= 4 is 17.4 Å². The number of hydrogen-bond donors (Lipinski definition) is 1. The molecule has 0 bridgehead atoms. The van der Waals surface area contributed by atoms with Crippen LogP contribution in [0.5, 0.6) is 5.75 Å². The second-order valence-corrected chi connectivity index (χ2v) is 3.89. The Balaban J connectivity index is 2.89. The van der Waals surface area contributed by atoms with E-state index in [1.807, 2.05) is 31.2 Å². The fourth-order valence-corrected chi connectivity index (χ4v) is 1.62. The van der Waals surface area contributed by atoms with Crippen molar-refractivity contribution in [2.24, 2.45) is 0 Å². The number of anilines is 1. The zero-order chi connectivity index (χ0) is 12.7. The van der Waals surface area contributed by atoms with Crippen LogP contribution in [0.3, 0.4) is 0 Å². The van der Waals surface area contributed by atoms with E-state index in [4.69, 9.17) is 4.74 Å². The largest absolute Gasteiger partial charge is 0.492 e. The minimum absolute atomic E-state index is 0.460. The zero-order valence-corrected chi connectivity index (χ0v) is 10.5. The van der Waals surface area contributed by atoms with Gasteiger partial charge < -0.3 is 10.1 Å². The topological polar surface area (TPSA) is 64.4 Å². The van der Waals surface area contributed by atoms with Crippen molar-refractivity contribution in [3.05, 3.63) is 45.6 Å². The molecule has 1 aromatic rings. The summed E-state index contributed by atoms with van der Waals surface area (Å²) in [6, 6.07) is 7.33. The van der Waals surface area contributed by atoms with Gasteiger partial charge in [0.15, 0.2) is 0 Å². The molecule has 0 fully saturated rings. The van der Waals surface area contributed by atoms with Crippen LogP contribution in [-0.4, -0.2) is 17.8 Å². The Morgan fingerprint density at radius 3 is 2.88 bits per heavy atom. The predicted molar refractivity (Wildman–Crippen MR) is 69.8 cm³/mol. The van der Waals surface area contributed by atoms with Crippen molar-refractivity contribution in [3.63, 3.8) is 0 Å². The molecule has 92 valence electrons. The van der Waals surface area contributed by atoms with Crippen molar-refractivity contribution in [3.8, 4) is 5.75 Å². The number of benzene rings is 1. The molecule has 0 aliphatic heterocycles. The summed E-state index contributed by atoms with van der Waals surface area (Å²) in [7, 11) is 0. The van der Waals surface area contributed by atoms with Gasteiger partial charge in [-0.25, -0.2) is 0 Å². The van der Waals surface area contributed by atoms with E-state index in [0.717, 1.165) is 11.9 Å². The Kier molecular flexibility index (Phi) is 5.35. The molecule has 1 rings (SSSR count). The molecule has 0 spiro atoms. The molecule has 1 N–H and O–H groups in total. The molecule has 0 aliphatic rings. The molecular formula is C11H14N2O3S. The lowest BCUT2D eigenvalue weighted by Crippen LogP contribution is -2.02. The van der Waals surface area contributed by atoms with Crippen LogP contribution >= 0.6 is 11.8 Å². The smallest absolute Gasteiger partial charge is 0.264 e. The van der Waals surface area contributed by atoms with Gasteiger partial charge in [0.05, 0.1) is 17.2 Å². The summed E-state index contributed by atoms with van der Waals surface area (Å²) in [5, 5.41) is 13.8. The van der Waals surface area contributed by atoms with Crippen molar-refractivity contribution in [2.75, 3.05) is 18.2 Å². The van der Waals surface area contributed by atoms with Crippen LogP contribution in [0, 0.1) is 10.1 Å². The van der Waals surface area contributed by atoms with Gasteiger partial charge >= 0.3 is 0 Å². The number of nitrogens with one attached hydrogen (secondary N) is 1. The van der Waals surface area contributed by atoms with Crippen LogP contribution < -0.4 is 10.1 Å². The molecule has 0 aromatic heterocycles. The number of rotatable bonds is 6. The van der Waals surface area contributed by atoms with Crippen LogP contribution in [0.1, 0.15) is 6.92 Å².